The zero-order valence-corrected chi connectivity index (χ0v) is 21.8. The van der Waals surface area contributed by atoms with Crippen LogP contribution in [0, 0.1) is 5.92 Å². The molecule has 35 heavy (non-hydrogen) atoms. The van der Waals surface area contributed by atoms with Crippen LogP contribution in [0.1, 0.15) is 90.9 Å². The highest BCUT2D eigenvalue weighted by molar-refractivity contribution is 5.95. The maximum absolute atomic E-state index is 13.9. The monoisotopic (exact) mass is 483 g/mol. The number of hydrogen-bond donors (Lipinski definition) is 1. The van der Waals surface area contributed by atoms with Gasteiger partial charge in [-0.15, -0.1) is 0 Å². The molecule has 0 radical (unpaired) electrons. The van der Waals surface area contributed by atoms with Gasteiger partial charge in [-0.05, 0) is 63.0 Å². The number of hydrogen-bond acceptors (Lipinski definition) is 3. The summed E-state index contributed by atoms with van der Waals surface area (Å²) < 4.78 is 0. The van der Waals surface area contributed by atoms with Crippen molar-refractivity contribution in [2.75, 3.05) is 18.0 Å². The van der Waals surface area contributed by atoms with Crippen LogP contribution in [-0.2, 0) is 4.79 Å². The fourth-order valence-electron chi connectivity index (χ4n) is 7.07. The standard InChI is InChI=1S/C29H45N3O3/c1-3-10-22-12-8-15-25(20-22)30-19-17-26(21-24(30)11-4-2)32(23-13-6-5-7-14-23)29(35)31-18-9-16-27(31)28(33)34/h5-7,13-14,22,24-27H,3-4,8-12,15-21H2,1-2H3,(H,33,34)/t22-,24+,25-,26+,27-/m1/s1. The topological polar surface area (TPSA) is 64.1 Å². The highest BCUT2D eigenvalue weighted by atomic mass is 16.4. The molecular formula is C29H45N3O3. The molecule has 6 heteroatoms. The van der Waals surface area contributed by atoms with Crippen LogP contribution in [0.2, 0.25) is 0 Å². The van der Waals surface area contributed by atoms with Crippen molar-refractivity contribution in [2.45, 2.75) is 115 Å². The molecule has 2 amide bonds. The van der Waals surface area contributed by atoms with Gasteiger partial charge in [0.25, 0.3) is 0 Å². The van der Waals surface area contributed by atoms with Gasteiger partial charge in [0.15, 0.2) is 0 Å². The van der Waals surface area contributed by atoms with E-state index in [1.54, 1.807) is 4.90 Å². The smallest absolute Gasteiger partial charge is 0.326 e. The first-order valence-corrected chi connectivity index (χ1v) is 14.2. The summed E-state index contributed by atoms with van der Waals surface area (Å²) >= 11 is 0. The van der Waals surface area contributed by atoms with Crippen LogP contribution in [0.15, 0.2) is 30.3 Å². The second kappa shape index (κ2) is 12.2. The lowest BCUT2D eigenvalue weighted by molar-refractivity contribution is -0.141. The van der Waals surface area contributed by atoms with E-state index in [9.17, 15) is 14.7 Å². The van der Waals surface area contributed by atoms with Crippen molar-refractivity contribution in [3.05, 3.63) is 30.3 Å². The Morgan fingerprint density at radius 1 is 0.943 bits per heavy atom. The van der Waals surface area contributed by atoms with E-state index in [2.05, 4.69) is 18.7 Å². The molecular weight excluding hydrogens is 438 g/mol. The summed E-state index contributed by atoms with van der Waals surface area (Å²) in [4.78, 5) is 32.1. The summed E-state index contributed by atoms with van der Waals surface area (Å²) in [6.07, 6.45) is 13.5. The number of anilines is 1. The minimum Gasteiger partial charge on any atom is -0.480 e. The fourth-order valence-corrected chi connectivity index (χ4v) is 7.07. The van der Waals surface area contributed by atoms with Gasteiger partial charge in [0.2, 0.25) is 0 Å². The van der Waals surface area contributed by atoms with Crippen molar-refractivity contribution >= 4 is 17.7 Å². The van der Waals surface area contributed by atoms with Crippen LogP contribution in [0.4, 0.5) is 10.5 Å². The Bertz CT molecular complexity index is 830. The first kappa shape index (κ1) is 26.0. The quantitative estimate of drug-likeness (QED) is 0.481. The Balaban J connectivity index is 1.54. The fraction of sp³-hybridized carbons (Fsp3) is 0.724. The molecule has 4 rings (SSSR count). The molecule has 1 saturated carbocycles. The highest BCUT2D eigenvalue weighted by Gasteiger charge is 2.42. The zero-order valence-electron chi connectivity index (χ0n) is 21.8. The number of carbonyl (C=O) groups is 2. The first-order valence-electron chi connectivity index (χ1n) is 14.2. The van der Waals surface area contributed by atoms with E-state index in [0.717, 1.165) is 50.3 Å². The number of para-hydroxylation sites is 1. The van der Waals surface area contributed by atoms with Crippen LogP contribution >= 0.6 is 0 Å². The van der Waals surface area contributed by atoms with Gasteiger partial charge in [-0.3, -0.25) is 9.80 Å². The van der Waals surface area contributed by atoms with Crippen LogP contribution in [0.5, 0.6) is 0 Å². The van der Waals surface area contributed by atoms with E-state index in [0.29, 0.717) is 25.0 Å². The number of likely N-dealkylation sites (tertiary alicyclic amines) is 2. The molecule has 6 nitrogen and oxygen atoms in total. The van der Waals surface area contributed by atoms with Gasteiger partial charge in [0, 0.05) is 36.9 Å². The van der Waals surface area contributed by atoms with Crippen molar-refractivity contribution < 1.29 is 14.7 Å². The third kappa shape index (κ3) is 6.02. The van der Waals surface area contributed by atoms with E-state index in [-0.39, 0.29) is 12.1 Å². The van der Waals surface area contributed by atoms with Crippen molar-refractivity contribution in [3.8, 4) is 0 Å². The van der Waals surface area contributed by atoms with E-state index < -0.39 is 12.0 Å². The van der Waals surface area contributed by atoms with Gasteiger partial charge < -0.3 is 10.0 Å². The van der Waals surface area contributed by atoms with Crippen LogP contribution in [-0.4, -0.2) is 64.2 Å². The van der Waals surface area contributed by atoms with Crippen LogP contribution in [0.25, 0.3) is 0 Å². The molecule has 0 aromatic heterocycles. The van der Waals surface area contributed by atoms with Crippen LogP contribution in [0.3, 0.4) is 0 Å². The minimum atomic E-state index is -0.888. The normalized spacial score (nSPS) is 29.8. The average Bonchev–Trinajstić information content (AvgIpc) is 3.36. The van der Waals surface area contributed by atoms with Crippen molar-refractivity contribution in [3.63, 3.8) is 0 Å². The number of amides is 2. The first-order chi connectivity index (χ1) is 17.0. The number of urea groups is 1. The lowest BCUT2D eigenvalue weighted by Gasteiger charge is -2.49. The highest BCUT2D eigenvalue weighted by Crippen LogP contribution is 2.37. The molecule has 0 bridgehead atoms. The molecule has 0 unspecified atom stereocenters. The lowest BCUT2D eigenvalue weighted by Crippen LogP contribution is -2.58. The Morgan fingerprint density at radius 2 is 1.71 bits per heavy atom. The Labute approximate surface area is 211 Å². The molecule has 1 aliphatic carbocycles. The molecule has 1 aromatic rings. The Hall–Kier alpha value is -2.08. The van der Waals surface area contributed by atoms with Crippen molar-refractivity contribution in [2.24, 2.45) is 5.92 Å². The average molecular weight is 484 g/mol. The molecule has 2 saturated heterocycles. The van der Waals surface area contributed by atoms with Crippen molar-refractivity contribution in [1.29, 1.82) is 0 Å². The maximum Gasteiger partial charge on any atom is 0.326 e. The predicted octanol–water partition coefficient (Wildman–Crippen LogP) is 6.15. The lowest BCUT2D eigenvalue weighted by atomic mass is 9.80. The number of aliphatic carboxylic acids is 1. The van der Waals surface area contributed by atoms with Gasteiger partial charge in [-0.1, -0.05) is 64.2 Å². The summed E-state index contributed by atoms with van der Waals surface area (Å²) in [6, 6.07) is 10.3. The number of nitrogens with zero attached hydrogens (tertiary/aromatic N) is 3. The van der Waals surface area contributed by atoms with Gasteiger partial charge in [0.05, 0.1) is 0 Å². The summed E-state index contributed by atoms with van der Waals surface area (Å²) in [5, 5.41) is 9.73. The van der Waals surface area contributed by atoms with Gasteiger partial charge in [-0.25, -0.2) is 9.59 Å². The number of rotatable bonds is 8. The maximum atomic E-state index is 13.9. The minimum absolute atomic E-state index is 0.0998. The number of benzene rings is 1. The van der Waals surface area contributed by atoms with E-state index in [1.165, 1.54) is 38.5 Å². The molecule has 3 aliphatic rings. The second-order valence-corrected chi connectivity index (χ2v) is 11.0. The summed E-state index contributed by atoms with van der Waals surface area (Å²) in [5.41, 5.74) is 0.892. The third-order valence-corrected chi connectivity index (χ3v) is 8.67. The molecule has 0 spiro atoms. The molecule has 2 heterocycles. The second-order valence-electron chi connectivity index (χ2n) is 11.0. The van der Waals surface area contributed by atoms with Gasteiger partial charge >= 0.3 is 12.0 Å². The molecule has 5 atom stereocenters. The Morgan fingerprint density at radius 3 is 2.43 bits per heavy atom. The van der Waals surface area contributed by atoms with E-state index >= 15 is 0 Å². The predicted molar refractivity (Wildman–Crippen MR) is 141 cm³/mol. The van der Waals surface area contributed by atoms with E-state index in [4.69, 9.17) is 0 Å². The number of carbonyl (C=O) groups excluding carboxylic acids is 1. The summed E-state index contributed by atoms with van der Waals surface area (Å²) in [7, 11) is 0. The SMILES string of the molecule is CCC[C@@H]1CCC[C@@H](N2CC[C@H](N(C(=O)N3CCC[C@@H]3C(=O)O)c3ccccc3)C[C@@H]2CCC)C1. The summed E-state index contributed by atoms with van der Waals surface area (Å²) in [6.45, 7) is 6.12. The molecule has 2 aliphatic heterocycles. The van der Waals surface area contributed by atoms with Crippen molar-refractivity contribution in [1.82, 2.24) is 9.80 Å². The largest absolute Gasteiger partial charge is 0.480 e. The molecule has 1 N–H and O–H groups in total. The van der Waals surface area contributed by atoms with Gasteiger partial charge in [-0.2, -0.15) is 0 Å². The Kier molecular flexibility index (Phi) is 9.10. The van der Waals surface area contributed by atoms with Crippen LogP contribution < -0.4 is 4.90 Å². The zero-order chi connectivity index (χ0) is 24.8. The molecule has 194 valence electrons. The number of piperidine rings is 1. The summed E-state index contributed by atoms with van der Waals surface area (Å²) in [5.74, 6) is -0.0225. The number of carboxylic acids is 1. The third-order valence-electron chi connectivity index (χ3n) is 8.67. The number of carboxylic acid groups (broad SMARTS) is 1. The van der Waals surface area contributed by atoms with Gasteiger partial charge in [0.1, 0.15) is 6.04 Å². The van der Waals surface area contributed by atoms with E-state index in [1.807, 2.05) is 35.2 Å². The molecule has 3 fully saturated rings. The molecule has 1 aromatic carbocycles.